The molecule has 0 saturated carbocycles. The summed E-state index contributed by atoms with van der Waals surface area (Å²) in [4.78, 5) is 28.3. The van der Waals surface area contributed by atoms with E-state index < -0.39 is 40.2 Å². The molecule has 1 atom stereocenters. The molecule has 2 amide bonds. The van der Waals surface area contributed by atoms with Crippen LogP contribution in [0.5, 0.6) is 0 Å². The van der Waals surface area contributed by atoms with Crippen molar-refractivity contribution in [2.45, 2.75) is 59.0 Å². The Bertz CT molecular complexity index is 1460. The first-order chi connectivity index (χ1) is 18.8. The summed E-state index contributed by atoms with van der Waals surface area (Å²) in [5.74, 6) is -1.37. The van der Waals surface area contributed by atoms with E-state index in [-0.39, 0.29) is 22.9 Å². The van der Waals surface area contributed by atoms with Gasteiger partial charge in [0.2, 0.25) is 11.8 Å². The average Bonchev–Trinajstić information content (AvgIpc) is 2.90. The number of sulfonamides is 1. The lowest BCUT2D eigenvalue weighted by Gasteiger charge is -2.32. The van der Waals surface area contributed by atoms with Gasteiger partial charge in [0.1, 0.15) is 18.4 Å². The van der Waals surface area contributed by atoms with Crippen LogP contribution >= 0.6 is 0 Å². The van der Waals surface area contributed by atoms with Gasteiger partial charge in [0, 0.05) is 18.7 Å². The number of carbonyl (C=O) groups excluding carboxylic acids is 2. The summed E-state index contributed by atoms with van der Waals surface area (Å²) in [5.41, 5.74) is 3.08. The minimum atomic E-state index is -4.17. The van der Waals surface area contributed by atoms with E-state index in [0.29, 0.717) is 17.8 Å². The molecule has 3 aromatic carbocycles. The second-order valence-electron chi connectivity index (χ2n) is 10.5. The highest BCUT2D eigenvalue weighted by molar-refractivity contribution is 7.92. The maximum Gasteiger partial charge on any atom is 0.264 e. The van der Waals surface area contributed by atoms with Crippen LogP contribution in [-0.4, -0.2) is 44.3 Å². The zero-order chi connectivity index (χ0) is 29.6. The quantitative estimate of drug-likeness (QED) is 0.348. The number of hydrogen-bond donors (Lipinski definition) is 1. The van der Waals surface area contributed by atoms with Gasteiger partial charge >= 0.3 is 0 Å². The van der Waals surface area contributed by atoms with E-state index in [4.69, 9.17) is 0 Å². The number of anilines is 1. The molecular formula is C31H38FN3O4S. The largest absolute Gasteiger partial charge is 0.354 e. The van der Waals surface area contributed by atoms with Crippen LogP contribution in [0.4, 0.5) is 10.1 Å². The maximum absolute atomic E-state index is 14.6. The van der Waals surface area contributed by atoms with Crippen LogP contribution in [0.25, 0.3) is 0 Å². The fraction of sp³-hybridized carbons (Fsp3) is 0.355. The molecule has 3 rings (SSSR count). The molecule has 7 nitrogen and oxygen atoms in total. The Morgan fingerprint density at radius 1 is 0.900 bits per heavy atom. The molecule has 0 aromatic heterocycles. The summed E-state index contributed by atoms with van der Waals surface area (Å²) in [6.07, 6.45) is 0. The number of nitrogens with one attached hydrogen (secondary N) is 1. The fourth-order valence-corrected chi connectivity index (χ4v) is 5.76. The van der Waals surface area contributed by atoms with Gasteiger partial charge in [0.05, 0.1) is 10.6 Å². The van der Waals surface area contributed by atoms with E-state index in [1.54, 1.807) is 56.3 Å². The molecule has 0 aliphatic rings. The van der Waals surface area contributed by atoms with E-state index in [0.717, 1.165) is 15.4 Å². The Labute approximate surface area is 237 Å². The molecule has 0 fully saturated rings. The van der Waals surface area contributed by atoms with Crippen LogP contribution in [-0.2, 0) is 26.2 Å². The molecule has 0 bridgehead atoms. The Hall–Kier alpha value is -3.72. The predicted octanol–water partition coefficient (Wildman–Crippen LogP) is 5.14. The molecule has 0 aliphatic carbocycles. The van der Waals surface area contributed by atoms with Crippen molar-refractivity contribution >= 4 is 27.5 Å². The molecule has 214 valence electrons. The van der Waals surface area contributed by atoms with Crippen molar-refractivity contribution in [1.29, 1.82) is 0 Å². The lowest BCUT2D eigenvalue weighted by atomic mass is 10.1. The van der Waals surface area contributed by atoms with Crippen molar-refractivity contribution in [1.82, 2.24) is 10.2 Å². The number of rotatable bonds is 11. The molecule has 0 radical (unpaired) electrons. The first kappa shape index (κ1) is 30.8. The summed E-state index contributed by atoms with van der Waals surface area (Å²) in [6.45, 7) is 10.6. The standard InChI is InChI=1S/C31H38FN3O4S/c1-21(2)18-33-31(37)25(6)34(19-26-9-7-8-10-28(26)32)30(36)20-35(29-16-13-23(4)17-24(29)5)40(38,39)27-14-11-22(3)12-15-27/h7-17,21,25H,18-20H2,1-6H3,(H,33,37)/t25-/m1/s1. The summed E-state index contributed by atoms with van der Waals surface area (Å²) < 4.78 is 43.6. The van der Waals surface area contributed by atoms with Crippen molar-refractivity contribution in [3.63, 3.8) is 0 Å². The van der Waals surface area contributed by atoms with Crippen molar-refractivity contribution in [3.8, 4) is 0 Å². The number of aryl methyl sites for hydroxylation is 3. The van der Waals surface area contributed by atoms with Gasteiger partial charge in [-0.3, -0.25) is 13.9 Å². The first-order valence-corrected chi connectivity index (χ1v) is 14.7. The number of nitrogens with zero attached hydrogens (tertiary/aromatic N) is 2. The van der Waals surface area contributed by atoms with Gasteiger partial charge < -0.3 is 10.2 Å². The van der Waals surface area contributed by atoms with Crippen molar-refractivity contribution in [3.05, 3.63) is 94.8 Å². The van der Waals surface area contributed by atoms with E-state index in [1.165, 1.54) is 23.1 Å². The summed E-state index contributed by atoms with van der Waals surface area (Å²) in [7, 11) is -4.17. The maximum atomic E-state index is 14.6. The van der Waals surface area contributed by atoms with E-state index in [9.17, 15) is 22.4 Å². The van der Waals surface area contributed by atoms with E-state index in [2.05, 4.69) is 5.32 Å². The molecule has 0 spiro atoms. The van der Waals surface area contributed by atoms with Gasteiger partial charge in [0.15, 0.2) is 0 Å². The number of amides is 2. The molecule has 0 heterocycles. The Morgan fingerprint density at radius 3 is 2.12 bits per heavy atom. The normalized spacial score (nSPS) is 12.2. The lowest BCUT2D eigenvalue weighted by molar-refractivity contribution is -0.139. The van der Waals surface area contributed by atoms with Gasteiger partial charge in [-0.1, -0.05) is 67.4 Å². The minimum absolute atomic E-state index is 0.0363. The molecule has 0 aliphatic heterocycles. The topological polar surface area (TPSA) is 86.8 Å². The van der Waals surface area contributed by atoms with Crippen LogP contribution in [0.15, 0.2) is 71.6 Å². The van der Waals surface area contributed by atoms with Gasteiger partial charge in [-0.25, -0.2) is 12.8 Å². The van der Waals surface area contributed by atoms with Gasteiger partial charge in [0.25, 0.3) is 10.0 Å². The Kier molecular flexibility index (Phi) is 10.1. The molecule has 0 unspecified atom stereocenters. The Balaban J connectivity index is 2.06. The SMILES string of the molecule is Cc1ccc(S(=O)(=O)N(CC(=O)N(Cc2ccccc2F)[C@H](C)C(=O)NCC(C)C)c2ccc(C)cc2C)cc1. The summed E-state index contributed by atoms with van der Waals surface area (Å²) >= 11 is 0. The average molecular weight is 568 g/mol. The van der Waals surface area contributed by atoms with E-state index >= 15 is 0 Å². The second kappa shape index (κ2) is 13.1. The third-order valence-corrected chi connectivity index (χ3v) is 8.43. The molecule has 1 N–H and O–H groups in total. The smallest absolute Gasteiger partial charge is 0.264 e. The third-order valence-electron chi connectivity index (χ3n) is 6.66. The van der Waals surface area contributed by atoms with Gasteiger partial charge in [-0.2, -0.15) is 0 Å². The third kappa shape index (κ3) is 7.47. The lowest BCUT2D eigenvalue weighted by Crippen LogP contribution is -2.51. The van der Waals surface area contributed by atoms with Gasteiger partial charge in [-0.05, 0) is 63.4 Å². The van der Waals surface area contributed by atoms with Crippen LogP contribution < -0.4 is 9.62 Å². The second-order valence-corrected chi connectivity index (χ2v) is 12.4. The first-order valence-electron chi connectivity index (χ1n) is 13.3. The van der Waals surface area contributed by atoms with Crippen LogP contribution in [0, 0.1) is 32.5 Å². The van der Waals surface area contributed by atoms with Crippen molar-refractivity contribution < 1.29 is 22.4 Å². The highest BCUT2D eigenvalue weighted by Crippen LogP contribution is 2.28. The van der Waals surface area contributed by atoms with Crippen LogP contribution in [0.1, 0.15) is 43.0 Å². The minimum Gasteiger partial charge on any atom is -0.354 e. The number of benzene rings is 3. The number of halogens is 1. The Morgan fingerprint density at radius 2 is 1.52 bits per heavy atom. The van der Waals surface area contributed by atoms with Crippen molar-refractivity contribution in [2.24, 2.45) is 5.92 Å². The van der Waals surface area contributed by atoms with Gasteiger partial charge in [-0.15, -0.1) is 0 Å². The zero-order valence-electron chi connectivity index (χ0n) is 23.9. The highest BCUT2D eigenvalue weighted by Gasteiger charge is 2.33. The molecule has 0 saturated heterocycles. The molecule has 40 heavy (non-hydrogen) atoms. The summed E-state index contributed by atoms with van der Waals surface area (Å²) in [5, 5.41) is 2.82. The van der Waals surface area contributed by atoms with E-state index in [1.807, 2.05) is 33.8 Å². The molecule has 9 heteroatoms. The monoisotopic (exact) mass is 567 g/mol. The number of hydrogen-bond acceptors (Lipinski definition) is 4. The van der Waals surface area contributed by atoms with Crippen LogP contribution in [0.2, 0.25) is 0 Å². The summed E-state index contributed by atoms with van der Waals surface area (Å²) in [6, 6.07) is 16.7. The fourth-order valence-electron chi connectivity index (χ4n) is 4.28. The highest BCUT2D eigenvalue weighted by atomic mass is 32.2. The van der Waals surface area contributed by atoms with Crippen molar-refractivity contribution in [2.75, 3.05) is 17.4 Å². The zero-order valence-corrected chi connectivity index (χ0v) is 24.8. The van der Waals surface area contributed by atoms with Crippen LogP contribution in [0.3, 0.4) is 0 Å². The predicted molar refractivity (Wildman–Crippen MR) is 156 cm³/mol. The number of carbonyl (C=O) groups is 2. The molecule has 3 aromatic rings. The molecular weight excluding hydrogens is 529 g/mol.